The van der Waals surface area contributed by atoms with Gasteiger partial charge in [-0.05, 0) is 0 Å². The molecular weight excluding hydrogens is 84.1 g/mol. The van der Waals surface area contributed by atoms with Gasteiger partial charge in [0.25, 0.3) is 0 Å². The minimum Gasteiger partial charge on any atom is -0.113 e. The van der Waals surface area contributed by atoms with E-state index >= 15 is 0 Å². The maximum Gasteiger partial charge on any atom is 0.115 e. The lowest BCUT2D eigenvalue weighted by atomic mass is 10.3. The smallest absolute Gasteiger partial charge is 0.113 e. The van der Waals surface area contributed by atoms with Crippen LogP contribution in [0.25, 0.3) is 0 Å². The molecule has 0 saturated heterocycles. The molecule has 7 heavy (non-hydrogen) atoms. The summed E-state index contributed by atoms with van der Waals surface area (Å²) in [6, 6.07) is 0. The van der Waals surface area contributed by atoms with Gasteiger partial charge in [-0.25, -0.2) is 0 Å². The fraction of sp³-hybridized carbons (Fsp3) is 0. The van der Waals surface area contributed by atoms with E-state index in [0.717, 1.165) is 0 Å². The average Bonchev–Trinajstić information content (AvgIpc) is 1.72. The van der Waals surface area contributed by atoms with Crippen molar-refractivity contribution in [2.45, 2.75) is 0 Å². The summed E-state index contributed by atoms with van der Waals surface area (Å²) in [5.41, 5.74) is 2.77. The van der Waals surface area contributed by atoms with Crippen LogP contribution in [0, 0.1) is 24.7 Å². The van der Waals surface area contributed by atoms with Crippen LogP contribution in [-0.2, 0) is 0 Å². The lowest BCUT2D eigenvalue weighted by Gasteiger charge is -1.68. The van der Waals surface area contributed by atoms with Gasteiger partial charge in [0.05, 0.1) is 0 Å². The van der Waals surface area contributed by atoms with Gasteiger partial charge in [-0.15, -0.1) is 18.6 Å². The van der Waals surface area contributed by atoms with Crippen LogP contribution >= 0.6 is 0 Å². The van der Waals surface area contributed by atoms with E-state index in [1.807, 2.05) is 0 Å². The number of terminal acetylenes is 2. The summed E-state index contributed by atoms with van der Waals surface area (Å²) in [5.74, 6) is 4.42. The Balaban J connectivity index is 4.35. The normalized spacial score (nSPS) is 4.86. The zero-order chi connectivity index (χ0) is 5.70. The van der Waals surface area contributed by atoms with Crippen LogP contribution in [0.1, 0.15) is 0 Å². The molecule has 0 unspecified atom stereocenters. The maximum atomic E-state index is 4.86. The Morgan fingerprint density at radius 1 is 1.29 bits per heavy atom. The molecule has 0 aliphatic heterocycles. The van der Waals surface area contributed by atoms with Crippen LogP contribution in [-0.4, -0.2) is 0 Å². The van der Waals surface area contributed by atoms with Crippen molar-refractivity contribution in [2.75, 3.05) is 0 Å². The van der Waals surface area contributed by atoms with Crippen molar-refractivity contribution < 1.29 is 0 Å². The van der Waals surface area contributed by atoms with Crippen molar-refractivity contribution in [1.82, 2.24) is 0 Å². The predicted molar refractivity (Wildman–Crippen MR) is 30.3 cm³/mol. The molecule has 0 heteroatoms. The van der Waals surface area contributed by atoms with Crippen molar-refractivity contribution in [2.24, 2.45) is 0 Å². The van der Waals surface area contributed by atoms with Crippen LogP contribution in [0.2, 0.25) is 0 Å². The second kappa shape index (κ2) is 2.86. The van der Waals surface area contributed by atoms with Crippen LogP contribution < -0.4 is 0 Å². The Labute approximate surface area is 43.5 Å². The summed E-state index contributed by atoms with van der Waals surface area (Å²) in [5, 5.41) is 0. The van der Waals surface area contributed by atoms with Gasteiger partial charge in [-0.3, -0.25) is 0 Å². The Morgan fingerprint density at radius 2 is 1.71 bits per heavy atom. The summed E-state index contributed by atoms with van der Waals surface area (Å²) in [6.45, 7) is 3.26. The van der Waals surface area contributed by atoms with E-state index in [1.54, 1.807) is 0 Å². The average molecular weight is 88.1 g/mol. The molecule has 0 aromatic rings. The van der Waals surface area contributed by atoms with E-state index in [2.05, 4.69) is 24.2 Å². The third kappa shape index (κ3) is 1.50. The first-order chi connectivity index (χ1) is 3.35. The highest BCUT2D eigenvalue weighted by Gasteiger charge is 1.71. The third-order valence-corrected chi connectivity index (χ3v) is 0.465. The third-order valence-electron chi connectivity index (χ3n) is 0.465. The molecular formula is C7H4. The van der Waals surface area contributed by atoms with Gasteiger partial charge in [-0.1, -0.05) is 18.4 Å². The van der Waals surface area contributed by atoms with Crippen molar-refractivity contribution in [1.29, 1.82) is 0 Å². The van der Waals surface area contributed by atoms with Gasteiger partial charge in [-0.2, -0.15) is 0 Å². The minimum atomic E-state index is 0.375. The molecule has 0 N–H and O–H groups in total. The Hall–Kier alpha value is -1.36. The van der Waals surface area contributed by atoms with E-state index < -0.39 is 0 Å². The topological polar surface area (TPSA) is 0 Å². The molecule has 0 rings (SSSR count). The molecule has 0 aromatic heterocycles. The molecule has 0 aromatic carbocycles. The summed E-state index contributed by atoms with van der Waals surface area (Å²) >= 11 is 0. The number of rotatable bonds is 0. The van der Waals surface area contributed by atoms with Crippen molar-refractivity contribution in [3.8, 4) is 24.7 Å². The fourth-order valence-electron chi connectivity index (χ4n) is 0.144. The Bertz CT molecular complexity index is 161. The number of allylic oxidation sites excluding steroid dienone is 1. The van der Waals surface area contributed by atoms with Crippen LogP contribution in [0.15, 0.2) is 17.9 Å². The molecule has 0 heterocycles. The second-order valence-electron chi connectivity index (χ2n) is 0.840. The number of hydrogen-bond acceptors (Lipinski definition) is 0. The van der Waals surface area contributed by atoms with Crippen LogP contribution in [0.3, 0.4) is 0 Å². The minimum absolute atomic E-state index is 0.375. The predicted octanol–water partition coefficient (Wildman–Crippen LogP) is 0.964. The summed E-state index contributed by atoms with van der Waals surface area (Å²) in [4.78, 5) is 0. The van der Waals surface area contributed by atoms with Crippen molar-refractivity contribution >= 4 is 0 Å². The molecule has 0 radical (unpaired) electrons. The number of hydrogen-bond donors (Lipinski definition) is 0. The SMILES string of the molecule is C#CC(=C=C)C#C. The van der Waals surface area contributed by atoms with E-state index in [4.69, 9.17) is 12.8 Å². The molecule has 0 fully saturated rings. The van der Waals surface area contributed by atoms with Crippen molar-refractivity contribution in [3.05, 3.63) is 17.9 Å². The molecule has 0 aliphatic rings. The zero-order valence-electron chi connectivity index (χ0n) is 3.86. The van der Waals surface area contributed by atoms with Crippen LogP contribution in [0.5, 0.6) is 0 Å². The zero-order valence-corrected chi connectivity index (χ0v) is 3.86. The lowest BCUT2D eigenvalue weighted by Crippen LogP contribution is -1.61. The van der Waals surface area contributed by atoms with E-state index in [1.165, 1.54) is 0 Å². The Kier molecular flexibility index (Phi) is 2.30. The quantitative estimate of drug-likeness (QED) is 0.305. The molecule has 0 bridgehead atoms. The monoisotopic (exact) mass is 88.0 g/mol. The lowest BCUT2D eigenvalue weighted by molar-refractivity contribution is 1.96. The molecule has 0 aliphatic carbocycles. The molecule has 0 spiro atoms. The van der Waals surface area contributed by atoms with Gasteiger partial charge in [0.1, 0.15) is 5.57 Å². The first-order valence-electron chi connectivity index (χ1n) is 1.68. The van der Waals surface area contributed by atoms with Crippen LogP contribution in [0.4, 0.5) is 0 Å². The van der Waals surface area contributed by atoms with E-state index in [9.17, 15) is 0 Å². The molecule has 0 saturated carbocycles. The molecule has 0 nitrogen and oxygen atoms in total. The molecule has 32 valence electrons. The maximum absolute atomic E-state index is 4.86. The highest BCUT2D eigenvalue weighted by atomic mass is 13.7. The van der Waals surface area contributed by atoms with Crippen molar-refractivity contribution in [3.63, 3.8) is 0 Å². The highest BCUT2D eigenvalue weighted by molar-refractivity contribution is 5.39. The highest BCUT2D eigenvalue weighted by Crippen LogP contribution is 1.79. The largest absolute Gasteiger partial charge is 0.115 e. The standard InChI is InChI=1S/C7H4/c1-4-7(5-2)6-3/h1-2H,3H2. The summed E-state index contributed by atoms with van der Waals surface area (Å²) in [6.07, 6.45) is 9.72. The fourth-order valence-corrected chi connectivity index (χ4v) is 0.144. The van der Waals surface area contributed by atoms with Gasteiger partial charge in [0.2, 0.25) is 0 Å². The second-order valence-corrected chi connectivity index (χ2v) is 0.840. The summed E-state index contributed by atoms with van der Waals surface area (Å²) < 4.78 is 0. The van der Waals surface area contributed by atoms with E-state index in [-0.39, 0.29) is 0 Å². The van der Waals surface area contributed by atoms with E-state index in [0.29, 0.717) is 5.57 Å². The van der Waals surface area contributed by atoms with Gasteiger partial charge in [0, 0.05) is 0 Å². The first kappa shape index (κ1) is 5.64. The van der Waals surface area contributed by atoms with Gasteiger partial charge >= 0.3 is 0 Å². The van der Waals surface area contributed by atoms with Gasteiger partial charge < -0.3 is 0 Å². The Morgan fingerprint density at radius 3 is 1.71 bits per heavy atom. The van der Waals surface area contributed by atoms with Gasteiger partial charge in [0.15, 0.2) is 0 Å². The molecule has 0 atom stereocenters. The summed E-state index contributed by atoms with van der Waals surface area (Å²) in [7, 11) is 0. The molecule has 0 amide bonds. The first-order valence-corrected chi connectivity index (χ1v) is 1.68.